The number of benzene rings is 1. The average Bonchev–Trinajstić information content (AvgIpc) is 2.67. The number of nitrogens with zero attached hydrogens (tertiary/aromatic N) is 2. The third-order valence-electron chi connectivity index (χ3n) is 5.36. The number of amides is 2. The van der Waals surface area contributed by atoms with Gasteiger partial charge in [-0.3, -0.25) is 9.59 Å². The lowest BCUT2D eigenvalue weighted by molar-refractivity contribution is -0.128. The van der Waals surface area contributed by atoms with Crippen molar-refractivity contribution in [2.24, 2.45) is 5.92 Å². The number of carbonyl (C=O) groups is 2. The second-order valence-electron chi connectivity index (χ2n) is 7.00. The molecule has 2 aliphatic rings. The van der Waals surface area contributed by atoms with Crippen molar-refractivity contribution in [1.82, 2.24) is 10.2 Å². The quantitative estimate of drug-likeness (QED) is 0.855. The molecule has 2 atom stereocenters. The average molecular weight is 339 g/mol. The van der Waals surface area contributed by atoms with Crippen molar-refractivity contribution < 1.29 is 9.59 Å². The summed E-state index contributed by atoms with van der Waals surface area (Å²) in [6.07, 6.45) is 6.78. The SMILES string of the molecule is N#Cc1ccc(C(=O)N2CCCCCNC(=O)[C@@H]3CCCC[C@@H]32)cc1. The van der Waals surface area contributed by atoms with Crippen LogP contribution in [-0.4, -0.2) is 35.8 Å². The van der Waals surface area contributed by atoms with E-state index in [1.165, 1.54) is 0 Å². The van der Waals surface area contributed by atoms with E-state index in [9.17, 15) is 9.59 Å². The first-order valence-electron chi connectivity index (χ1n) is 9.29. The van der Waals surface area contributed by atoms with Crippen LogP contribution in [0.3, 0.4) is 0 Å². The van der Waals surface area contributed by atoms with E-state index in [0.29, 0.717) is 17.7 Å². The van der Waals surface area contributed by atoms with Crippen molar-refractivity contribution in [2.75, 3.05) is 13.1 Å². The molecule has 1 saturated heterocycles. The first-order valence-corrected chi connectivity index (χ1v) is 9.29. The minimum atomic E-state index is -0.103. The Hall–Kier alpha value is -2.35. The molecule has 0 spiro atoms. The molecule has 2 amide bonds. The lowest BCUT2D eigenvalue weighted by atomic mass is 9.82. The summed E-state index contributed by atoms with van der Waals surface area (Å²) in [5.41, 5.74) is 1.15. The fourth-order valence-electron chi connectivity index (χ4n) is 3.99. The van der Waals surface area contributed by atoms with Crippen LogP contribution >= 0.6 is 0 Å². The Kier molecular flexibility index (Phi) is 5.70. The lowest BCUT2D eigenvalue weighted by Gasteiger charge is -2.40. The normalized spacial score (nSPS) is 24.6. The molecule has 0 bridgehead atoms. The first-order chi connectivity index (χ1) is 12.2. The van der Waals surface area contributed by atoms with Gasteiger partial charge in [-0.15, -0.1) is 0 Å². The maximum Gasteiger partial charge on any atom is 0.254 e. The van der Waals surface area contributed by atoms with E-state index in [1.807, 2.05) is 4.90 Å². The first kappa shape index (κ1) is 17.5. The Balaban J connectivity index is 1.86. The number of nitriles is 1. The minimum Gasteiger partial charge on any atom is -0.356 e. The van der Waals surface area contributed by atoms with E-state index in [4.69, 9.17) is 5.26 Å². The molecule has 1 saturated carbocycles. The van der Waals surface area contributed by atoms with E-state index < -0.39 is 0 Å². The second kappa shape index (κ2) is 8.15. The maximum absolute atomic E-state index is 13.1. The van der Waals surface area contributed by atoms with Crippen LogP contribution in [0.2, 0.25) is 0 Å². The van der Waals surface area contributed by atoms with Crippen LogP contribution in [0.15, 0.2) is 24.3 Å². The second-order valence-corrected chi connectivity index (χ2v) is 7.00. The molecule has 3 rings (SSSR count). The summed E-state index contributed by atoms with van der Waals surface area (Å²) in [6.45, 7) is 1.44. The standard InChI is InChI=1S/C20H25N3O2/c21-14-15-8-10-16(11-9-15)20(25)23-13-5-1-4-12-22-19(24)17-6-2-3-7-18(17)23/h8-11,17-18H,1-7,12-13H2,(H,22,24)/t17-,18+/m1/s1. The zero-order chi connectivity index (χ0) is 17.6. The molecule has 1 aromatic carbocycles. The molecule has 5 heteroatoms. The van der Waals surface area contributed by atoms with Crippen LogP contribution in [0, 0.1) is 17.2 Å². The zero-order valence-electron chi connectivity index (χ0n) is 14.5. The van der Waals surface area contributed by atoms with Gasteiger partial charge in [-0.1, -0.05) is 12.8 Å². The smallest absolute Gasteiger partial charge is 0.254 e. The Morgan fingerprint density at radius 2 is 1.84 bits per heavy atom. The van der Waals surface area contributed by atoms with Gasteiger partial charge in [0.15, 0.2) is 0 Å². The number of rotatable bonds is 1. The number of fused-ring (bicyclic) bond motifs is 1. The van der Waals surface area contributed by atoms with Crippen molar-refractivity contribution in [2.45, 2.75) is 51.0 Å². The summed E-state index contributed by atoms with van der Waals surface area (Å²) < 4.78 is 0. The number of hydrogen-bond acceptors (Lipinski definition) is 3. The van der Waals surface area contributed by atoms with Crippen molar-refractivity contribution in [1.29, 1.82) is 5.26 Å². The molecule has 132 valence electrons. The van der Waals surface area contributed by atoms with Gasteiger partial charge < -0.3 is 10.2 Å². The molecular weight excluding hydrogens is 314 g/mol. The number of carbonyl (C=O) groups excluding carboxylic acids is 2. The molecule has 1 heterocycles. The molecule has 1 aliphatic carbocycles. The van der Waals surface area contributed by atoms with Gasteiger partial charge in [-0.25, -0.2) is 0 Å². The third kappa shape index (κ3) is 4.01. The predicted molar refractivity (Wildman–Crippen MR) is 94.8 cm³/mol. The highest BCUT2D eigenvalue weighted by Gasteiger charge is 2.37. The zero-order valence-corrected chi connectivity index (χ0v) is 14.5. The van der Waals surface area contributed by atoms with Gasteiger partial charge in [0.05, 0.1) is 17.6 Å². The summed E-state index contributed by atoms with van der Waals surface area (Å²) in [5, 5.41) is 12.0. The topological polar surface area (TPSA) is 73.2 Å². The lowest BCUT2D eigenvalue weighted by Crippen LogP contribution is -2.51. The van der Waals surface area contributed by atoms with Crippen LogP contribution in [0.1, 0.15) is 60.9 Å². The summed E-state index contributed by atoms with van der Waals surface area (Å²) in [6, 6.07) is 8.86. The van der Waals surface area contributed by atoms with Gasteiger partial charge in [-0.2, -0.15) is 5.26 Å². The summed E-state index contributed by atoms with van der Waals surface area (Å²) in [5.74, 6) is -0.0202. The van der Waals surface area contributed by atoms with E-state index >= 15 is 0 Å². The number of nitrogens with one attached hydrogen (secondary N) is 1. The summed E-state index contributed by atoms with van der Waals surface area (Å²) in [7, 11) is 0. The van der Waals surface area contributed by atoms with Gasteiger partial charge in [0.1, 0.15) is 0 Å². The maximum atomic E-state index is 13.1. The molecule has 0 aromatic heterocycles. The molecule has 0 unspecified atom stereocenters. The van der Waals surface area contributed by atoms with Crippen LogP contribution in [0.25, 0.3) is 0 Å². The van der Waals surface area contributed by atoms with Crippen molar-refractivity contribution >= 4 is 11.8 Å². The fourth-order valence-corrected chi connectivity index (χ4v) is 3.99. The summed E-state index contributed by atoms with van der Waals surface area (Å²) >= 11 is 0. The van der Waals surface area contributed by atoms with E-state index in [-0.39, 0.29) is 23.8 Å². The van der Waals surface area contributed by atoms with Crippen LogP contribution in [-0.2, 0) is 4.79 Å². The van der Waals surface area contributed by atoms with E-state index in [0.717, 1.165) is 51.5 Å². The predicted octanol–water partition coefficient (Wildman–Crippen LogP) is 2.86. The van der Waals surface area contributed by atoms with E-state index in [2.05, 4.69) is 11.4 Å². The Morgan fingerprint density at radius 3 is 2.60 bits per heavy atom. The van der Waals surface area contributed by atoms with Gasteiger partial charge >= 0.3 is 0 Å². The molecule has 25 heavy (non-hydrogen) atoms. The van der Waals surface area contributed by atoms with Crippen LogP contribution < -0.4 is 5.32 Å². The highest BCUT2D eigenvalue weighted by molar-refractivity contribution is 5.95. The molecule has 2 fully saturated rings. The van der Waals surface area contributed by atoms with Crippen molar-refractivity contribution in [3.05, 3.63) is 35.4 Å². The highest BCUT2D eigenvalue weighted by atomic mass is 16.2. The Morgan fingerprint density at radius 1 is 1.08 bits per heavy atom. The molecule has 1 aromatic rings. The Bertz CT molecular complexity index is 663. The molecule has 1 N–H and O–H groups in total. The molecule has 1 aliphatic heterocycles. The van der Waals surface area contributed by atoms with Gasteiger partial charge in [0, 0.05) is 24.7 Å². The van der Waals surface area contributed by atoms with Crippen LogP contribution in [0.4, 0.5) is 0 Å². The summed E-state index contributed by atoms with van der Waals surface area (Å²) in [4.78, 5) is 27.6. The largest absolute Gasteiger partial charge is 0.356 e. The highest BCUT2D eigenvalue weighted by Crippen LogP contribution is 2.30. The van der Waals surface area contributed by atoms with Crippen LogP contribution in [0.5, 0.6) is 0 Å². The van der Waals surface area contributed by atoms with Gasteiger partial charge in [0.25, 0.3) is 5.91 Å². The van der Waals surface area contributed by atoms with Gasteiger partial charge in [-0.05, 0) is 56.4 Å². The molecular formula is C20H25N3O2. The van der Waals surface area contributed by atoms with Crippen molar-refractivity contribution in [3.8, 4) is 6.07 Å². The minimum absolute atomic E-state index is 0.0185. The molecule has 5 nitrogen and oxygen atoms in total. The Labute approximate surface area is 149 Å². The fraction of sp³-hybridized carbons (Fsp3) is 0.550. The molecule has 0 radical (unpaired) electrons. The third-order valence-corrected chi connectivity index (χ3v) is 5.36. The van der Waals surface area contributed by atoms with Gasteiger partial charge in [0.2, 0.25) is 5.91 Å². The van der Waals surface area contributed by atoms with E-state index in [1.54, 1.807) is 24.3 Å². The number of hydrogen-bond donors (Lipinski definition) is 1. The monoisotopic (exact) mass is 339 g/mol. The van der Waals surface area contributed by atoms with Crippen molar-refractivity contribution in [3.63, 3.8) is 0 Å².